The molecule has 1 fully saturated rings. The number of carbonyl (C=O) groups excluding carboxylic acids is 2. The van der Waals surface area contributed by atoms with Gasteiger partial charge in [-0.3, -0.25) is 4.79 Å². The van der Waals surface area contributed by atoms with Crippen molar-refractivity contribution in [2.75, 3.05) is 39.3 Å². The normalized spacial score (nSPS) is 20.9. The van der Waals surface area contributed by atoms with E-state index in [1.807, 2.05) is 0 Å². The Balaban J connectivity index is 1.62. The second-order valence-electron chi connectivity index (χ2n) is 11.2. The van der Waals surface area contributed by atoms with Crippen LogP contribution in [-0.2, 0) is 9.53 Å². The van der Waals surface area contributed by atoms with Gasteiger partial charge in [0.15, 0.2) is 0 Å². The number of amides is 2. The van der Waals surface area contributed by atoms with E-state index in [0.717, 1.165) is 45.4 Å². The van der Waals surface area contributed by atoms with Gasteiger partial charge in [-0.1, -0.05) is 82.3 Å². The highest BCUT2D eigenvalue weighted by molar-refractivity contribution is 5.79. The quantitative estimate of drug-likeness (QED) is 0.173. The van der Waals surface area contributed by atoms with Crippen LogP contribution in [0.15, 0.2) is 11.1 Å². The minimum Gasteiger partial charge on any atom is -0.449 e. The van der Waals surface area contributed by atoms with Crippen molar-refractivity contribution in [3.8, 4) is 0 Å². The number of piperidine rings is 1. The molecule has 1 aliphatic heterocycles. The van der Waals surface area contributed by atoms with Gasteiger partial charge in [0.05, 0.1) is 6.61 Å². The van der Waals surface area contributed by atoms with Crippen molar-refractivity contribution < 1.29 is 14.3 Å². The molecule has 2 amide bonds. The Kier molecular flexibility index (Phi) is 15.9. The van der Waals surface area contributed by atoms with Crippen LogP contribution in [-0.4, -0.2) is 56.2 Å². The van der Waals surface area contributed by atoms with Gasteiger partial charge >= 0.3 is 6.09 Å². The number of alkyl carbamates (subject to hydrolysis) is 1. The first kappa shape index (κ1) is 30.7. The van der Waals surface area contributed by atoms with Crippen LogP contribution in [0.3, 0.4) is 0 Å². The van der Waals surface area contributed by atoms with Gasteiger partial charge in [-0.25, -0.2) is 4.79 Å². The zero-order chi connectivity index (χ0) is 26.0. The standard InChI is InChI=1S/C30H55N3O3/c1-4-5-6-7-8-9-10-11-12-14-17-31-29(34)28-23-26(3)25(2)22-27(28)24-36-30(35)32-18-21-33-19-15-13-16-20-33/h27-28H,4-24H2,1-3H3,(H,31,34)(H,32,35). The van der Waals surface area contributed by atoms with Crippen LogP contribution in [0.5, 0.6) is 0 Å². The molecule has 0 aromatic heterocycles. The second kappa shape index (κ2) is 18.6. The summed E-state index contributed by atoms with van der Waals surface area (Å²) in [5, 5.41) is 6.07. The Hall–Kier alpha value is -1.56. The van der Waals surface area contributed by atoms with Crippen LogP contribution in [0.4, 0.5) is 4.79 Å². The van der Waals surface area contributed by atoms with E-state index in [-0.39, 0.29) is 23.8 Å². The van der Waals surface area contributed by atoms with Crippen LogP contribution in [0, 0.1) is 11.8 Å². The average molecular weight is 506 g/mol. The van der Waals surface area contributed by atoms with E-state index < -0.39 is 0 Å². The Bertz CT molecular complexity index is 658. The molecule has 208 valence electrons. The van der Waals surface area contributed by atoms with Crippen molar-refractivity contribution in [2.24, 2.45) is 11.8 Å². The molecule has 0 aromatic rings. The highest BCUT2D eigenvalue weighted by Crippen LogP contribution is 2.34. The molecule has 6 nitrogen and oxygen atoms in total. The van der Waals surface area contributed by atoms with Crippen LogP contribution in [0.25, 0.3) is 0 Å². The highest BCUT2D eigenvalue weighted by Gasteiger charge is 2.33. The summed E-state index contributed by atoms with van der Waals surface area (Å²) in [5.74, 6) is 0.0594. The minimum atomic E-state index is -0.361. The van der Waals surface area contributed by atoms with E-state index >= 15 is 0 Å². The molecule has 6 heteroatoms. The van der Waals surface area contributed by atoms with Crippen molar-refractivity contribution in [3.63, 3.8) is 0 Å². The summed E-state index contributed by atoms with van der Waals surface area (Å²) in [4.78, 5) is 27.7. The molecule has 36 heavy (non-hydrogen) atoms. The molecule has 2 aliphatic rings. The molecule has 2 rings (SSSR count). The smallest absolute Gasteiger partial charge is 0.407 e. The summed E-state index contributed by atoms with van der Waals surface area (Å²) in [6.07, 6.45) is 18.0. The first-order chi connectivity index (χ1) is 17.5. The maximum atomic E-state index is 13.0. The number of hydrogen-bond donors (Lipinski definition) is 2. The van der Waals surface area contributed by atoms with E-state index in [0.29, 0.717) is 13.2 Å². The molecule has 1 saturated heterocycles. The molecule has 0 radical (unpaired) electrons. The van der Waals surface area contributed by atoms with Crippen LogP contribution in [0.2, 0.25) is 0 Å². The average Bonchev–Trinajstić information content (AvgIpc) is 2.88. The van der Waals surface area contributed by atoms with Gasteiger partial charge in [-0.05, 0) is 59.0 Å². The topological polar surface area (TPSA) is 70.7 Å². The van der Waals surface area contributed by atoms with Crippen molar-refractivity contribution in [2.45, 2.75) is 117 Å². The molecule has 1 heterocycles. The van der Waals surface area contributed by atoms with Crippen molar-refractivity contribution >= 4 is 12.0 Å². The van der Waals surface area contributed by atoms with Crippen molar-refractivity contribution in [1.82, 2.24) is 15.5 Å². The third-order valence-electron chi connectivity index (χ3n) is 8.13. The van der Waals surface area contributed by atoms with Gasteiger partial charge in [0, 0.05) is 31.5 Å². The van der Waals surface area contributed by atoms with E-state index in [4.69, 9.17) is 4.74 Å². The third kappa shape index (κ3) is 12.6. The van der Waals surface area contributed by atoms with Crippen LogP contribution in [0.1, 0.15) is 117 Å². The van der Waals surface area contributed by atoms with E-state index in [9.17, 15) is 9.59 Å². The molecule has 2 N–H and O–H groups in total. The number of allylic oxidation sites excluding steroid dienone is 2. The van der Waals surface area contributed by atoms with Crippen LogP contribution >= 0.6 is 0 Å². The maximum Gasteiger partial charge on any atom is 0.407 e. The maximum absolute atomic E-state index is 13.0. The lowest BCUT2D eigenvalue weighted by Crippen LogP contribution is -2.41. The van der Waals surface area contributed by atoms with E-state index in [1.165, 1.54) is 88.2 Å². The zero-order valence-corrected chi connectivity index (χ0v) is 23.7. The summed E-state index contributed by atoms with van der Waals surface area (Å²) >= 11 is 0. The Labute approximate surface area is 221 Å². The van der Waals surface area contributed by atoms with E-state index in [1.54, 1.807) is 0 Å². The predicted molar refractivity (Wildman–Crippen MR) is 149 cm³/mol. The van der Waals surface area contributed by atoms with E-state index in [2.05, 4.69) is 36.3 Å². The number of likely N-dealkylation sites (tertiary alicyclic amines) is 1. The summed E-state index contributed by atoms with van der Waals surface area (Å²) in [6.45, 7) is 11.3. The van der Waals surface area contributed by atoms with Gasteiger partial charge in [0.1, 0.15) is 0 Å². The number of rotatable bonds is 17. The lowest BCUT2D eigenvalue weighted by atomic mass is 9.76. The fourth-order valence-corrected chi connectivity index (χ4v) is 5.55. The zero-order valence-electron chi connectivity index (χ0n) is 23.7. The molecular weight excluding hydrogens is 450 g/mol. The lowest BCUT2D eigenvalue weighted by Gasteiger charge is -2.32. The fraction of sp³-hybridized carbons (Fsp3) is 0.867. The SMILES string of the molecule is CCCCCCCCCCCCNC(=O)C1CC(C)=C(C)CC1COC(=O)NCCN1CCCCC1. The number of nitrogens with zero attached hydrogens (tertiary/aromatic N) is 1. The number of ether oxygens (including phenoxy) is 1. The van der Waals surface area contributed by atoms with Gasteiger partial charge in [0.2, 0.25) is 5.91 Å². The van der Waals surface area contributed by atoms with Gasteiger partial charge < -0.3 is 20.3 Å². The summed E-state index contributed by atoms with van der Waals surface area (Å²) in [7, 11) is 0. The summed E-state index contributed by atoms with van der Waals surface area (Å²) in [5.41, 5.74) is 2.63. The molecule has 0 saturated carbocycles. The Morgan fingerprint density at radius 1 is 0.806 bits per heavy atom. The first-order valence-corrected chi connectivity index (χ1v) is 15.1. The largest absolute Gasteiger partial charge is 0.449 e. The predicted octanol–water partition coefficient (Wildman–Crippen LogP) is 6.60. The molecule has 0 aromatic carbocycles. The van der Waals surface area contributed by atoms with Crippen molar-refractivity contribution in [1.29, 1.82) is 0 Å². The molecule has 0 spiro atoms. The summed E-state index contributed by atoms with van der Waals surface area (Å²) < 4.78 is 5.58. The number of hydrogen-bond acceptors (Lipinski definition) is 4. The fourth-order valence-electron chi connectivity index (χ4n) is 5.55. The first-order valence-electron chi connectivity index (χ1n) is 15.1. The number of unbranched alkanes of at least 4 members (excludes halogenated alkanes) is 9. The monoisotopic (exact) mass is 505 g/mol. The Morgan fingerprint density at radius 3 is 2.08 bits per heavy atom. The summed E-state index contributed by atoms with van der Waals surface area (Å²) in [6, 6.07) is 0. The molecule has 2 atom stereocenters. The molecule has 1 aliphatic carbocycles. The van der Waals surface area contributed by atoms with Crippen molar-refractivity contribution in [3.05, 3.63) is 11.1 Å². The molecule has 2 unspecified atom stereocenters. The van der Waals surface area contributed by atoms with Gasteiger partial charge in [0.25, 0.3) is 0 Å². The minimum absolute atomic E-state index is 0.0502. The highest BCUT2D eigenvalue weighted by atomic mass is 16.5. The Morgan fingerprint density at radius 2 is 1.42 bits per heavy atom. The third-order valence-corrected chi connectivity index (χ3v) is 8.13. The second-order valence-corrected chi connectivity index (χ2v) is 11.2. The number of nitrogens with one attached hydrogen (secondary N) is 2. The van der Waals surface area contributed by atoms with Gasteiger partial charge in [-0.15, -0.1) is 0 Å². The molecular formula is C30H55N3O3. The molecule has 0 bridgehead atoms. The van der Waals surface area contributed by atoms with Crippen LogP contribution < -0.4 is 10.6 Å². The lowest BCUT2D eigenvalue weighted by molar-refractivity contribution is -0.127. The number of carbonyl (C=O) groups is 2. The van der Waals surface area contributed by atoms with Gasteiger partial charge in [-0.2, -0.15) is 0 Å².